The van der Waals surface area contributed by atoms with Crippen LogP contribution in [0.15, 0.2) is 0 Å². The number of carbonyl (C=O) groups excluding carboxylic acids is 2. The molecule has 0 heterocycles. The molecule has 0 aliphatic rings. The molecule has 0 amide bonds. The minimum atomic E-state index is -2.19. The van der Waals surface area contributed by atoms with Crippen molar-refractivity contribution in [3.8, 4) is 0 Å². The first-order chi connectivity index (χ1) is 2.64. The van der Waals surface area contributed by atoms with Crippen molar-refractivity contribution in [2.24, 2.45) is 0 Å². The third kappa shape index (κ3) is 9.54. The quantitative estimate of drug-likeness (QED) is 0.249. The molecule has 0 rings (SSSR count). The molecular weight excluding hydrogens is 143 g/mol. The predicted molar refractivity (Wildman–Crippen MR) is 10.0 cm³/mol. The molecule has 0 aliphatic heterocycles. The summed E-state index contributed by atoms with van der Waals surface area (Å²) in [5, 5.41) is 17.9. The molecule has 0 saturated heterocycles. The Kier molecular flexibility index (Phi) is 14.3. The SMILES string of the molecule is O=C([O-])C(=O)[O-].[Li+].[Ti+2]. The maximum absolute atomic E-state index is 8.93. The summed E-state index contributed by atoms with van der Waals surface area (Å²) in [5.41, 5.74) is 0. The van der Waals surface area contributed by atoms with Crippen molar-refractivity contribution in [1.29, 1.82) is 0 Å². The van der Waals surface area contributed by atoms with Crippen LogP contribution in [-0.4, -0.2) is 11.9 Å². The van der Waals surface area contributed by atoms with Crippen LogP contribution >= 0.6 is 0 Å². The molecule has 0 aliphatic carbocycles. The molecule has 0 fully saturated rings. The molecule has 0 atom stereocenters. The molecule has 0 spiro atoms. The Morgan fingerprint density at radius 2 is 1.12 bits per heavy atom. The number of carboxylic acids is 2. The monoisotopic (exact) mass is 143 g/mol. The third-order valence-corrected chi connectivity index (χ3v) is 0.167. The van der Waals surface area contributed by atoms with Gasteiger partial charge in [0.1, 0.15) is 0 Å². The van der Waals surface area contributed by atoms with Gasteiger partial charge in [-0.3, -0.25) is 0 Å². The fourth-order valence-electron chi connectivity index (χ4n) is 0. The maximum Gasteiger partial charge on any atom is 2.00 e. The Labute approximate surface area is 72.3 Å². The van der Waals surface area contributed by atoms with Crippen LogP contribution in [0.3, 0.4) is 0 Å². The Morgan fingerprint density at radius 1 is 1.00 bits per heavy atom. The second kappa shape index (κ2) is 7.25. The standard InChI is InChI=1S/C2H2O4.Li.Ti/c3-1(4)2(5)6;;/h(H,3,4)(H,5,6);;/q;+1;+2/p-2. The van der Waals surface area contributed by atoms with E-state index in [0.29, 0.717) is 0 Å². The molecule has 0 radical (unpaired) electrons. The number of hydrogen-bond acceptors (Lipinski definition) is 4. The van der Waals surface area contributed by atoms with Gasteiger partial charge in [0.2, 0.25) is 0 Å². The molecule has 8 heavy (non-hydrogen) atoms. The summed E-state index contributed by atoms with van der Waals surface area (Å²) in [7, 11) is 0. The molecule has 4 nitrogen and oxygen atoms in total. The van der Waals surface area contributed by atoms with Gasteiger partial charge in [0.05, 0.1) is 11.9 Å². The van der Waals surface area contributed by atoms with Crippen molar-refractivity contribution in [2.75, 3.05) is 0 Å². The zero-order valence-corrected chi connectivity index (χ0v) is 5.69. The summed E-state index contributed by atoms with van der Waals surface area (Å²) in [6, 6.07) is 0. The van der Waals surface area contributed by atoms with E-state index in [1.807, 2.05) is 0 Å². The van der Waals surface area contributed by atoms with E-state index >= 15 is 0 Å². The van der Waals surface area contributed by atoms with E-state index in [1.165, 1.54) is 0 Å². The van der Waals surface area contributed by atoms with Crippen LogP contribution in [0, 0.1) is 0 Å². The van der Waals surface area contributed by atoms with Crippen molar-refractivity contribution in [3.63, 3.8) is 0 Å². The van der Waals surface area contributed by atoms with Crippen LogP contribution in [0.5, 0.6) is 0 Å². The molecule has 0 N–H and O–H groups in total. The van der Waals surface area contributed by atoms with Crippen molar-refractivity contribution in [2.45, 2.75) is 0 Å². The van der Waals surface area contributed by atoms with E-state index in [2.05, 4.69) is 0 Å². The van der Waals surface area contributed by atoms with Gasteiger partial charge in [-0.15, -0.1) is 0 Å². The van der Waals surface area contributed by atoms with E-state index in [0.717, 1.165) is 0 Å². The van der Waals surface area contributed by atoms with Crippen molar-refractivity contribution >= 4 is 11.9 Å². The zero-order valence-electron chi connectivity index (χ0n) is 4.13. The first-order valence-corrected chi connectivity index (χ1v) is 1.07. The molecule has 0 bridgehead atoms. The Bertz CT molecular complexity index is 80.0. The Balaban J connectivity index is -0.000000125. The Morgan fingerprint density at radius 3 is 1.12 bits per heavy atom. The van der Waals surface area contributed by atoms with Gasteiger partial charge in [0.25, 0.3) is 0 Å². The molecule has 36 valence electrons. The molecule has 0 aromatic heterocycles. The van der Waals surface area contributed by atoms with Crippen LogP contribution < -0.4 is 29.1 Å². The van der Waals surface area contributed by atoms with Gasteiger partial charge in [-0.05, 0) is 0 Å². The molecule has 0 aromatic rings. The summed E-state index contributed by atoms with van der Waals surface area (Å²) in [4.78, 5) is 17.9. The van der Waals surface area contributed by atoms with Gasteiger partial charge in [-0.25, -0.2) is 0 Å². The van der Waals surface area contributed by atoms with Crippen LogP contribution in [0.2, 0.25) is 0 Å². The molecular formula is C2LiO4Ti+. The van der Waals surface area contributed by atoms with E-state index in [9.17, 15) is 0 Å². The maximum atomic E-state index is 8.93. The van der Waals surface area contributed by atoms with E-state index in [-0.39, 0.29) is 40.6 Å². The van der Waals surface area contributed by atoms with Crippen LogP contribution in [0.25, 0.3) is 0 Å². The summed E-state index contributed by atoms with van der Waals surface area (Å²) in [6.45, 7) is 0. The smallest absolute Gasteiger partial charge is 0.543 e. The molecule has 6 heteroatoms. The fourth-order valence-corrected chi connectivity index (χ4v) is 0. The number of rotatable bonds is 0. The zero-order chi connectivity index (χ0) is 5.15. The first kappa shape index (κ1) is 15.7. The third-order valence-electron chi connectivity index (χ3n) is 0.167. The fraction of sp³-hybridized carbons (Fsp3) is 0. The summed E-state index contributed by atoms with van der Waals surface area (Å²) < 4.78 is 0. The van der Waals surface area contributed by atoms with E-state index in [4.69, 9.17) is 19.8 Å². The number of aliphatic carboxylic acids is 2. The van der Waals surface area contributed by atoms with E-state index < -0.39 is 11.9 Å². The molecule has 0 unspecified atom stereocenters. The second-order valence-corrected chi connectivity index (χ2v) is 0.575. The summed E-state index contributed by atoms with van der Waals surface area (Å²) in [6.07, 6.45) is 0. The van der Waals surface area contributed by atoms with Crippen molar-refractivity contribution < 1.29 is 60.4 Å². The topological polar surface area (TPSA) is 80.3 Å². The molecule has 0 aromatic carbocycles. The first-order valence-electron chi connectivity index (χ1n) is 1.07. The average molecular weight is 143 g/mol. The predicted octanol–water partition coefficient (Wildman–Crippen LogP) is -6.51. The van der Waals surface area contributed by atoms with Gasteiger partial charge in [0, 0.05) is 0 Å². The number of hydrogen-bond donors (Lipinski definition) is 0. The van der Waals surface area contributed by atoms with Crippen LogP contribution in [0.4, 0.5) is 0 Å². The van der Waals surface area contributed by atoms with Crippen molar-refractivity contribution in [3.05, 3.63) is 0 Å². The van der Waals surface area contributed by atoms with Gasteiger partial charge < -0.3 is 19.8 Å². The van der Waals surface area contributed by atoms with Gasteiger partial charge in [0.15, 0.2) is 0 Å². The Hall–Kier alpha value is 0.252. The van der Waals surface area contributed by atoms with Gasteiger partial charge in [-0.1, -0.05) is 0 Å². The summed E-state index contributed by atoms with van der Waals surface area (Å²) >= 11 is 0. The van der Waals surface area contributed by atoms with Gasteiger partial charge in [-0.2, -0.15) is 0 Å². The molecule has 0 saturated carbocycles. The van der Waals surface area contributed by atoms with E-state index in [1.54, 1.807) is 0 Å². The second-order valence-electron chi connectivity index (χ2n) is 0.575. The number of carbonyl (C=O) groups is 2. The average Bonchev–Trinajstić information content (AvgIpc) is 1.36. The summed E-state index contributed by atoms with van der Waals surface area (Å²) in [5.74, 6) is -4.37. The normalized spacial score (nSPS) is 5.50. The van der Waals surface area contributed by atoms with Crippen LogP contribution in [0.1, 0.15) is 0 Å². The minimum Gasteiger partial charge on any atom is -0.543 e. The van der Waals surface area contributed by atoms with Crippen molar-refractivity contribution in [1.82, 2.24) is 0 Å². The minimum absolute atomic E-state index is 0. The number of carboxylic acid groups (broad SMARTS) is 2. The van der Waals surface area contributed by atoms with Crippen LogP contribution in [-0.2, 0) is 31.3 Å². The van der Waals surface area contributed by atoms with Gasteiger partial charge >= 0.3 is 40.6 Å². The largest absolute Gasteiger partial charge is 2.00 e.